The zero-order chi connectivity index (χ0) is 12.5. The third-order valence-electron chi connectivity index (χ3n) is 2.96. The van der Waals surface area contributed by atoms with Crippen LogP contribution in [0.1, 0.15) is 5.56 Å². The predicted octanol–water partition coefficient (Wildman–Crippen LogP) is 2.58. The Hall–Kier alpha value is -2.49. The SMILES string of the molecule is O=C(O)Cc1ccccc1Nn1c2ccc1cc2. The van der Waals surface area contributed by atoms with Crippen LogP contribution in [0.3, 0.4) is 0 Å². The van der Waals surface area contributed by atoms with E-state index in [4.69, 9.17) is 5.11 Å². The van der Waals surface area contributed by atoms with Gasteiger partial charge in [0.15, 0.2) is 0 Å². The summed E-state index contributed by atoms with van der Waals surface area (Å²) < 4.78 is 1.95. The Morgan fingerprint density at radius 1 is 1.06 bits per heavy atom. The van der Waals surface area contributed by atoms with Gasteiger partial charge >= 0.3 is 5.97 Å². The quantitative estimate of drug-likeness (QED) is 0.737. The summed E-state index contributed by atoms with van der Waals surface area (Å²) >= 11 is 0. The number of carbonyl (C=O) groups is 1. The van der Waals surface area contributed by atoms with Gasteiger partial charge in [-0.2, -0.15) is 0 Å². The molecule has 0 amide bonds. The zero-order valence-electron chi connectivity index (χ0n) is 9.63. The maximum absolute atomic E-state index is 10.8. The van der Waals surface area contributed by atoms with Gasteiger partial charge in [-0.1, -0.05) is 18.2 Å². The summed E-state index contributed by atoms with van der Waals surface area (Å²) in [6.07, 6.45) is 0.0164. The number of rotatable bonds is 4. The van der Waals surface area contributed by atoms with E-state index in [1.807, 2.05) is 53.2 Å². The molecule has 0 atom stereocenters. The van der Waals surface area contributed by atoms with Crippen LogP contribution in [0, 0.1) is 0 Å². The van der Waals surface area contributed by atoms with Gasteiger partial charge in [-0.25, -0.2) is 0 Å². The van der Waals surface area contributed by atoms with Crippen molar-refractivity contribution in [1.29, 1.82) is 0 Å². The Balaban J connectivity index is 1.95. The number of nitrogens with zero attached hydrogens (tertiary/aromatic N) is 1. The molecule has 0 aliphatic rings. The van der Waals surface area contributed by atoms with Gasteiger partial charge in [0.2, 0.25) is 0 Å². The highest BCUT2D eigenvalue weighted by Gasteiger charge is 2.08. The molecule has 2 N–H and O–H groups in total. The van der Waals surface area contributed by atoms with Crippen molar-refractivity contribution >= 4 is 22.7 Å². The molecule has 2 bridgehead atoms. The van der Waals surface area contributed by atoms with Crippen LogP contribution in [0.15, 0.2) is 48.5 Å². The van der Waals surface area contributed by atoms with Gasteiger partial charge in [-0.3, -0.25) is 14.9 Å². The molecule has 3 aromatic rings. The molecule has 18 heavy (non-hydrogen) atoms. The molecule has 2 heterocycles. The average Bonchev–Trinajstić information content (AvgIpc) is 2.91. The number of hydrogen-bond acceptors (Lipinski definition) is 2. The van der Waals surface area contributed by atoms with Gasteiger partial charge in [0.05, 0.1) is 23.1 Å². The van der Waals surface area contributed by atoms with Crippen molar-refractivity contribution < 1.29 is 9.90 Å². The van der Waals surface area contributed by atoms with E-state index >= 15 is 0 Å². The van der Waals surface area contributed by atoms with Gasteiger partial charge in [-0.05, 0) is 35.9 Å². The molecular weight excluding hydrogens is 228 g/mol. The number of nitrogens with one attached hydrogen (secondary N) is 1. The van der Waals surface area contributed by atoms with Gasteiger partial charge in [0, 0.05) is 0 Å². The highest BCUT2D eigenvalue weighted by molar-refractivity contribution is 5.75. The number of fused-ring (bicyclic) bond motifs is 2. The van der Waals surface area contributed by atoms with E-state index in [-0.39, 0.29) is 6.42 Å². The summed E-state index contributed by atoms with van der Waals surface area (Å²) in [6, 6.07) is 15.5. The minimum absolute atomic E-state index is 0.0164. The third-order valence-corrected chi connectivity index (χ3v) is 2.96. The summed E-state index contributed by atoms with van der Waals surface area (Å²) in [6.45, 7) is 0. The first-order valence-corrected chi connectivity index (χ1v) is 5.70. The zero-order valence-corrected chi connectivity index (χ0v) is 9.63. The van der Waals surface area contributed by atoms with Crippen molar-refractivity contribution in [2.75, 3.05) is 5.43 Å². The van der Waals surface area contributed by atoms with Crippen LogP contribution in [0.5, 0.6) is 0 Å². The Morgan fingerprint density at radius 3 is 2.28 bits per heavy atom. The summed E-state index contributed by atoms with van der Waals surface area (Å²) in [5, 5.41) is 8.89. The molecule has 0 aliphatic heterocycles. The highest BCUT2D eigenvalue weighted by atomic mass is 16.4. The summed E-state index contributed by atoms with van der Waals surface area (Å²) in [5.74, 6) is -0.829. The molecule has 90 valence electrons. The number of benzene rings is 2. The van der Waals surface area contributed by atoms with Crippen LogP contribution in [-0.2, 0) is 11.2 Å². The molecule has 0 unspecified atom stereocenters. The summed E-state index contributed by atoms with van der Waals surface area (Å²) in [4.78, 5) is 10.8. The maximum Gasteiger partial charge on any atom is 0.307 e. The topological polar surface area (TPSA) is 54.3 Å². The molecular formula is C14H12N2O2. The molecule has 4 heteroatoms. The minimum atomic E-state index is -0.829. The predicted molar refractivity (Wildman–Crippen MR) is 69.9 cm³/mol. The minimum Gasteiger partial charge on any atom is -0.481 e. The first-order valence-electron chi connectivity index (χ1n) is 5.70. The smallest absolute Gasteiger partial charge is 0.307 e. The van der Waals surface area contributed by atoms with Crippen molar-refractivity contribution in [1.82, 2.24) is 4.68 Å². The number of aromatic nitrogens is 1. The van der Waals surface area contributed by atoms with Crippen molar-refractivity contribution in [3.05, 3.63) is 54.1 Å². The fourth-order valence-electron chi connectivity index (χ4n) is 2.10. The number of anilines is 1. The second kappa shape index (κ2) is 4.07. The van der Waals surface area contributed by atoms with Crippen LogP contribution in [0.4, 0.5) is 5.69 Å². The van der Waals surface area contributed by atoms with E-state index in [9.17, 15) is 4.79 Å². The largest absolute Gasteiger partial charge is 0.481 e. The second-order valence-electron chi connectivity index (χ2n) is 4.19. The number of hydrogen-bond donors (Lipinski definition) is 2. The highest BCUT2D eigenvalue weighted by Crippen LogP contribution is 2.21. The molecule has 0 radical (unpaired) electrons. The van der Waals surface area contributed by atoms with Crippen LogP contribution < -0.4 is 5.43 Å². The monoisotopic (exact) mass is 240 g/mol. The number of aliphatic carboxylic acids is 1. The van der Waals surface area contributed by atoms with Crippen LogP contribution in [0.25, 0.3) is 11.0 Å². The first kappa shape index (κ1) is 10.7. The van der Waals surface area contributed by atoms with Crippen molar-refractivity contribution in [2.45, 2.75) is 6.42 Å². The molecule has 2 aromatic heterocycles. The average molecular weight is 240 g/mol. The molecule has 0 spiro atoms. The standard InChI is InChI=1S/C14H12N2O2/c17-14(18)9-10-3-1-2-4-13(10)15-16-11-5-6-12(16)8-7-11/h1-8,15H,9H2,(H,17,18). The van der Waals surface area contributed by atoms with Gasteiger partial charge in [0.25, 0.3) is 0 Å². The van der Waals surface area contributed by atoms with E-state index in [1.165, 1.54) is 0 Å². The van der Waals surface area contributed by atoms with Gasteiger partial charge in [0.1, 0.15) is 0 Å². The normalized spacial score (nSPS) is 10.9. The van der Waals surface area contributed by atoms with Crippen LogP contribution in [-0.4, -0.2) is 15.8 Å². The Morgan fingerprint density at radius 2 is 1.67 bits per heavy atom. The van der Waals surface area contributed by atoms with E-state index in [0.717, 1.165) is 22.3 Å². The maximum atomic E-state index is 10.8. The third kappa shape index (κ3) is 1.78. The number of carboxylic acid groups (broad SMARTS) is 1. The molecule has 0 fully saturated rings. The van der Waals surface area contributed by atoms with E-state index in [1.54, 1.807) is 0 Å². The fraction of sp³-hybridized carbons (Fsp3) is 0.0714. The molecule has 3 rings (SSSR count). The lowest BCUT2D eigenvalue weighted by Gasteiger charge is -2.12. The van der Waals surface area contributed by atoms with E-state index < -0.39 is 5.97 Å². The fourth-order valence-corrected chi connectivity index (χ4v) is 2.10. The van der Waals surface area contributed by atoms with E-state index in [0.29, 0.717) is 0 Å². The van der Waals surface area contributed by atoms with Gasteiger partial charge < -0.3 is 5.11 Å². The lowest BCUT2D eigenvalue weighted by atomic mass is 10.1. The Bertz CT molecular complexity index is 639. The van der Waals surface area contributed by atoms with Crippen LogP contribution in [0.2, 0.25) is 0 Å². The number of para-hydroxylation sites is 1. The van der Waals surface area contributed by atoms with Crippen molar-refractivity contribution in [2.24, 2.45) is 0 Å². The Labute approximate surface area is 104 Å². The molecule has 4 nitrogen and oxygen atoms in total. The lowest BCUT2D eigenvalue weighted by Crippen LogP contribution is -2.10. The Kier molecular flexibility index (Phi) is 2.41. The van der Waals surface area contributed by atoms with Crippen molar-refractivity contribution in [3.63, 3.8) is 0 Å². The molecule has 0 saturated heterocycles. The summed E-state index contributed by atoms with van der Waals surface area (Å²) in [5.41, 5.74) is 6.97. The molecule has 0 saturated carbocycles. The first-order chi connectivity index (χ1) is 8.74. The summed E-state index contributed by atoms with van der Waals surface area (Å²) in [7, 11) is 0. The van der Waals surface area contributed by atoms with Crippen molar-refractivity contribution in [3.8, 4) is 0 Å². The van der Waals surface area contributed by atoms with E-state index in [2.05, 4.69) is 5.43 Å². The molecule has 1 aromatic carbocycles. The lowest BCUT2D eigenvalue weighted by molar-refractivity contribution is -0.136. The number of carboxylic acids is 1. The second-order valence-corrected chi connectivity index (χ2v) is 4.19. The van der Waals surface area contributed by atoms with Gasteiger partial charge in [-0.15, -0.1) is 0 Å². The molecule has 0 aliphatic carbocycles. The van der Waals surface area contributed by atoms with Crippen LogP contribution >= 0.6 is 0 Å².